The summed E-state index contributed by atoms with van der Waals surface area (Å²) in [6.45, 7) is 3.48. The number of ether oxygens (including phenoxy) is 1. The van der Waals surface area contributed by atoms with E-state index in [-0.39, 0.29) is 42.0 Å². The number of aromatic carboxylic acids is 1. The molecule has 0 saturated carbocycles. The van der Waals surface area contributed by atoms with Crippen molar-refractivity contribution in [3.05, 3.63) is 75.9 Å². The highest BCUT2D eigenvalue weighted by Crippen LogP contribution is 2.36. The van der Waals surface area contributed by atoms with Gasteiger partial charge in [0.2, 0.25) is 0 Å². The summed E-state index contributed by atoms with van der Waals surface area (Å²) in [7, 11) is 9.29. The van der Waals surface area contributed by atoms with E-state index in [2.05, 4.69) is 15.3 Å². The van der Waals surface area contributed by atoms with Crippen LogP contribution in [0.25, 0.3) is 11.3 Å². The zero-order valence-electron chi connectivity index (χ0n) is 26.9. The molecule has 3 aromatic rings. The molecule has 262 valence electrons. The molecule has 0 radical (unpaired) electrons. The molecule has 3 rings (SSSR count). The molecule has 0 bridgehead atoms. The molecule has 9 nitrogen and oxygen atoms in total. The molecule has 0 aliphatic heterocycles. The summed E-state index contributed by atoms with van der Waals surface area (Å²) in [5.41, 5.74) is -1.88. The highest BCUT2D eigenvalue weighted by Gasteiger charge is 2.36. The van der Waals surface area contributed by atoms with Crippen molar-refractivity contribution >= 4 is 17.6 Å². The quantitative estimate of drug-likeness (QED) is 0.160. The van der Waals surface area contributed by atoms with E-state index in [1.807, 2.05) is 44.9 Å². The van der Waals surface area contributed by atoms with Crippen LogP contribution in [0.1, 0.15) is 40.4 Å². The van der Waals surface area contributed by atoms with E-state index in [9.17, 15) is 36.2 Å². The number of aromatic nitrogens is 2. The summed E-state index contributed by atoms with van der Waals surface area (Å²) in [6.07, 6.45) is -7.51. The maximum Gasteiger partial charge on any atom is 0.416 e. The number of likely N-dealkylation sites (N-methyl/N-ethyl adjacent to an activating group) is 1. The second kappa shape index (κ2) is 19.4. The van der Waals surface area contributed by atoms with Gasteiger partial charge >= 0.3 is 24.3 Å². The molecule has 1 aromatic heterocycles. The summed E-state index contributed by atoms with van der Waals surface area (Å²) < 4.78 is 79.8. The van der Waals surface area contributed by atoms with E-state index >= 15 is 0 Å². The Bertz CT molecular complexity index is 1380. The number of aliphatic hydroxyl groups is 1. The fourth-order valence-electron chi connectivity index (χ4n) is 3.48. The number of aliphatic hydroxyl groups excluding tert-OH is 1. The van der Waals surface area contributed by atoms with Crippen molar-refractivity contribution in [1.29, 1.82) is 0 Å². The second-order valence-electron chi connectivity index (χ2n) is 10.6. The lowest BCUT2D eigenvalue weighted by atomic mass is 10.0. The average Bonchev–Trinajstić information content (AvgIpc) is 2.98. The molecular weight excluding hydrogens is 656 g/mol. The molecule has 1 heterocycles. The normalized spacial score (nSPS) is 12.2. The van der Waals surface area contributed by atoms with Crippen LogP contribution >= 0.6 is 11.6 Å². The summed E-state index contributed by atoms with van der Waals surface area (Å²) in [5.74, 6) is -1.11. The standard InChI is InChI=1S/C16H18ClN3O3.C10H9F6N.C5H13NO/c1-20(2)8-5-9-23-16-18-10-12(15(21)22)14(19-16)11-6-3-4-7-13(11)17;1-17-5-6-2-7(9(11,12)13)4-8(3-6)10(14,15)16;1-5(4-7)6(2)3/h3-4,6-7,10H,5,8-9H2,1-2H3,(H,21,22);2-4,17H,5H2,1H3;5,7H,4H2,1-3H3. The third-order valence-electron chi connectivity index (χ3n) is 6.28. The SMILES string of the molecule is CC(CO)N(C)C.CN(C)CCCOc1ncc(C(=O)O)c(-c2ccccc2Cl)n1.CNCc1cc(C(F)(F)F)cc(C(F)(F)F)c1. The Kier molecular flexibility index (Phi) is 17.1. The minimum absolute atomic E-state index is 0.0151. The molecule has 47 heavy (non-hydrogen) atoms. The van der Waals surface area contributed by atoms with Gasteiger partial charge in [0.15, 0.2) is 0 Å². The Hall–Kier alpha value is -3.50. The van der Waals surface area contributed by atoms with Gasteiger partial charge in [-0.15, -0.1) is 0 Å². The number of halogens is 7. The van der Waals surface area contributed by atoms with Crippen molar-refractivity contribution in [2.24, 2.45) is 0 Å². The van der Waals surface area contributed by atoms with E-state index in [0.29, 0.717) is 35.4 Å². The maximum atomic E-state index is 12.4. The first-order chi connectivity index (χ1) is 21.8. The Morgan fingerprint density at radius 2 is 1.60 bits per heavy atom. The monoisotopic (exact) mass is 695 g/mol. The Balaban J connectivity index is 0.000000403. The number of carboxylic acid groups (broad SMARTS) is 1. The van der Waals surface area contributed by atoms with Crippen LogP contribution in [0.4, 0.5) is 26.3 Å². The summed E-state index contributed by atoms with van der Waals surface area (Å²) in [5, 5.41) is 20.7. The number of nitrogens with zero attached hydrogens (tertiary/aromatic N) is 4. The van der Waals surface area contributed by atoms with Crippen LogP contribution in [0.2, 0.25) is 5.02 Å². The third-order valence-corrected chi connectivity index (χ3v) is 6.61. The molecule has 0 fully saturated rings. The third kappa shape index (κ3) is 14.9. The maximum absolute atomic E-state index is 12.4. The minimum atomic E-state index is -4.79. The number of carboxylic acids is 1. The lowest BCUT2D eigenvalue weighted by Gasteiger charge is -2.15. The number of carbonyl (C=O) groups is 1. The highest BCUT2D eigenvalue weighted by molar-refractivity contribution is 6.33. The topological polar surface area (TPSA) is 111 Å². The molecule has 1 unspecified atom stereocenters. The van der Waals surface area contributed by atoms with E-state index in [1.165, 1.54) is 13.2 Å². The predicted octanol–water partition coefficient (Wildman–Crippen LogP) is 6.20. The number of hydrogen-bond acceptors (Lipinski definition) is 8. The van der Waals surface area contributed by atoms with Crippen LogP contribution in [-0.2, 0) is 18.9 Å². The second-order valence-corrected chi connectivity index (χ2v) is 11.1. The van der Waals surface area contributed by atoms with Crippen molar-refractivity contribution < 1.29 is 46.1 Å². The lowest BCUT2D eigenvalue weighted by molar-refractivity contribution is -0.143. The van der Waals surface area contributed by atoms with Crippen molar-refractivity contribution in [3.63, 3.8) is 0 Å². The first-order valence-corrected chi connectivity index (χ1v) is 14.5. The van der Waals surface area contributed by atoms with Crippen LogP contribution in [0.5, 0.6) is 6.01 Å². The van der Waals surface area contributed by atoms with Gasteiger partial charge in [-0.25, -0.2) is 9.78 Å². The van der Waals surface area contributed by atoms with E-state index in [4.69, 9.17) is 21.4 Å². The zero-order valence-corrected chi connectivity index (χ0v) is 27.6. The van der Waals surface area contributed by atoms with E-state index in [0.717, 1.165) is 13.0 Å². The average molecular weight is 696 g/mol. The predicted molar refractivity (Wildman–Crippen MR) is 168 cm³/mol. The Morgan fingerprint density at radius 3 is 2.02 bits per heavy atom. The summed E-state index contributed by atoms with van der Waals surface area (Å²) in [6, 6.07) is 8.88. The van der Waals surface area contributed by atoms with Gasteiger partial charge in [0.25, 0.3) is 0 Å². The van der Waals surface area contributed by atoms with Gasteiger partial charge in [0, 0.05) is 35.9 Å². The smallest absolute Gasteiger partial charge is 0.416 e. The first kappa shape index (κ1) is 41.5. The highest BCUT2D eigenvalue weighted by atomic mass is 35.5. The van der Waals surface area contributed by atoms with E-state index < -0.39 is 29.4 Å². The van der Waals surface area contributed by atoms with Gasteiger partial charge in [-0.1, -0.05) is 29.8 Å². The fraction of sp³-hybridized carbons (Fsp3) is 0.452. The van der Waals surface area contributed by atoms with Gasteiger partial charge in [0.1, 0.15) is 5.56 Å². The van der Waals surface area contributed by atoms with Gasteiger partial charge in [0.05, 0.1) is 30.0 Å². The zero-order chi connectivity index (χ0) is 35.9. The molecule has 0 amide bonds. The molecule has 0 spiro atoms. The molecule has 1 atom stereocenters. The van der Waals surface area contributed by atoms with Crippen molar-refractivity contribution in [2.45, 2.75) is 38.3 Å². The molecule has 0 aliphatic carbocycles. The van der Waals surface area contributed by atoms with E-state index in [1.54, 1.807) is 24.3 Å². The number of nitrogens with one attached hydrogen (secondary N) is 1. The molecule has 0 saturated heterocycles. The van der Waals surface area contributed by atoms with Crippen LogP contribution in [0, 0.1) is 0 Å². The van der Waals surface area contributed by atoms with Gasteiger partial charge in [-0.2, -0.15) is 31.3 Å². The number of rotatable bonds is 11. The van der Waals surface area contributed by atoms with Gasteiger partial charge in [-0.3, -0.25) is 0 Å². The van der Waals surface area contributed by atoms with Crippen molar-refractivity contribution in [3.8, 4) is 17.3 Å². The molecular formula is C31H40ClF6N5O4. The largest absolute Gasteiger partial charge is 0.478 e. The molecule has 2 aromatic carbocycles. The Morgan fingerprint density at radius 1 is 1.02 bits per heavy atom. The number of benzene rings is 2. The van der Waals surface area contributed by atoms with Crippen LogP contribution in [0.15, 0.2) is 48.7 Å². The Labute approximate surface area is 275 Å². The fourth-order valence-corrected chi connectivity index (χ4v) is 3.71. The minimum Gasteiger partial charge on any atom is -0.478 e. The first-order valence-electron chi connectivity index (χ1n) is 14.1. The van der Waals surface area contributed by atoms with Gasteiger partial charge < -0.3 is 30.1 Å². The van der Waals surface area contributed by atoms with Gasteiger partial charge in [-0.05, 0) is 78.4 Å². The lowest BCUT2D eigenvalue weighted by Crippen LogP contribution is -2.27. The van der Waals surface area contributed by atoms with Crippen molar-refractivity contribution in [2.75, 3.05) is 55.0 Å². The molecule has 3 N–H and O–H groups in total. The van der Waals surface area contributed by atoms with Crippen molar-refractivity contribution in [1.82, 2.24) is 25.1 Å². The molecule has 0 aliphatic rings. The molecule has 16 heteroatoms. The summed E-state index contributed by atoms with van der Waals surface area (Å²) in [4.78, 5) is 23.6. The van der Waals surface area contributed by atoms with Crippen LogP contribution in [-0.4, -0.2) is 97.0 Å². The number of hydrogen-bond donors (Lipinski definition) is 3. The van der Waals surface area contributed by atoms with Crippen LogP contribution < -0.4 is 10.1 Å². The van der Waals surface area contributed by atoms with Crippen LogP contribution in [0.3, 0.4) is 0 Å². The summed E-state index contributed by atoms with van der Waals surface area (Å²) >= 11 is 6.15. The number of alkyl halides is 6.